The van der Waals surface area contributed by atoms with Crippen LogP contribution in [-0.4, -0.2) is 43.2 Å². The molecule has 0 spiro atoms. The summed E-state index contributed by atoms with van der Waals surface area (Å²) >= 11 is 3.60. The molecule has 1 saturated heterocycles. The third kappa shape index (κ3) is 3.99. The summed E-state index contributed by atoms with van der Waals surface area (Å²) in [6.45, 7) is 8.92. The van der Waals surface area contributed by atoms with E-state index in [1.807, 2.05) is 0 Å². The van der Waals surface area contributed by atoms with E-state index in [0.717, 1.165) is 30.4 Å². The molecule has 3 atom stereocenters. The summed E-state index contributed by atoms with van der Waals surface area (Å²) in [5, 5.41) is 0. The van der Waals surface area contributed by atoms with E-state index in [0.29, 0.717) is 12.1 Å². The number of nitrogens with zero attached hydrogens (tertiary/aromatic N) is 2. The summed E-state index contributed by atoms with van der Waals surface area (Å²) in [7, 11) is 2.22. The number of anilines is 1. The SMILES string of the molecule is CCC(N)Cc1cc(Br)ccc1N1CC(C)N(C)C(C)C1. The zero-order valence-corrected chi connectivity index (χ0v) is 15.2. The molecule has 1 aliphatic rings. The lowest BCUT2D eigenvalue weighted by Gasteiger charge is -2.44. The predicted octanol–water partition coefficient (Wildman–Crippen LogP) is 3.26. The number of likely N-dealkylation sites (N-methyl/N-ethyl adjacent to an activating group) is 1. The molecule has 1 fully saturated rings. The largest absolute Gasteiger partial charge is 0.368 e. The van der Waals surface area contributed by atoms with E-state index in [1.54, 1.807) is 0 Å². The normalized spacial score (nSPS) is 25.1. The first-order valence-corrected chi connectivity index (χ1v) is 8.72. The van der Waals surface area contributed by atoms with Crippen molar-refractivity contribution in [3.63, 3.8) is 0 Å². The van der Waals surface area contributed by atoms with E-state index in [2.05, 4.69) is 71.7 Å². The highest BCUT2D eigenvalue weighted by atomic mass is 79.9. The number of hydrogen-bond donors (Lipinski definition) is 1. The van der Waals surface area contributed by atoms with Gasteiger partial charge in [0.15, 0.2) is 0 Å². The van der Waals surface area contributed by atoms with E-state index in [-0.39, 0.29) is 6.04 Å². The molecule has 0 radical (unpaired) electrons. The molecule has 0 bridgehead atoms. The lowest BCUT2D eigenvalue weighted by Crippen LogP contribution is -2.55. The Morgan fingerprint density at radius 3 is 2.48 bits per heavy atom. The Hall–Kier alpha value is -0.580. The van der Waals surface area contributed by atoms with Crippen LogP contribution in [0.25, 0.3) is 0 Å². The topological polar surface area (TPSA) is 32.5 Å². The molecule has 2 rings (SSSR count). The van der Waals surface area contributed by atoms with Crippen molar-refractivity contribution in [3.05, 3.63) is 28.2 Å². The van der Waals surface area contributed by atoms with Crippen LogP contribution in [0, 0.1) is 0 Å². The molecule has 118 valence electrons. The Labute approximate surface area is 137 Å². The minimum absolute atomic E-state index is 0.236. The first-order chi connectivity index (χ1) is 9.92. The van der Waals surface area contributed by atoms with Crippen LogP contribution in [0.3, 0.4) is 0 Å². The van der Waals surface area contributed by atoms with Crippen LogP contribution >= 0.6 is 15.9 Å². The van der Waals surface area contributed by atoms with Gasteiger partial charge in [0.2, 0.25) is 0 Å². The maximum absolute atomic E-state index is 6.19. The van der Waals surface area contributed by atoms with Crippen LogP contribution in [0.1, 0.15) is 32.8 Å². The fourth-order valence-corrected chi connectivity index (χ4v) is 3.46. The van der Waals surface area contributed by atoms with Crippen LogP contribution in [0.5, 0.6) is 0 Å². The number of rotatable bonds is 4. The van der Waals surface area contributed by atoms with Gasteiger partial charge in [0.25, 0.3) is 0 Å². The van der Waals surface area contributed by atoms with Gasteiger partial charge in [-0.05, 0) is 57.5 Å². The van der Waals surface area contributed by atoms with Crippen molar-refractivity contribution in [1.29, 1.82) is 0 Å². The Kier molecular flexibility index (Phi) is 5.69. The molecule has 0 saturated carbocycles. The molecular formula is C17H28BrN3. The van der Waals surface area contributed by atoms with Crippen molar-refractivity contribution in [2.45, 2.75) is 51.7 Å². The zero-order chi connectivity index (χ0) is 15.6. The fraction of sp³-hybridized carbons (Fsp3) is 0.647. The summed E-state index contributed by atoms with van der Waals surface area (Å²) in [6, 6.07) is 8.00. The van der Waals surface area contributed by atoms with Gasteiger partial charge >= 0.3 is 0 Å². The summed E-state index contributed by atoms with van der Waals surface area (Å²) in [6.07, 6.45) is 1.96. The first-order valence-electron chi connectivity index (χ1n) is 7.93. The van der Waals surface area contributed by atoms with Crippen LogP contribution in [0.15, 0.2) is 22.7 Å². The average Bonchev–Trinajstić information content (AvgIpc) is 2.44. The van der Waals surface area contributed by atoms with Crippen molar-refractivity contribution >= 4 is 21.6 Å². The lowest BCUT2D eigenvalue weighted by molar-refractivity contribution is 0.170. The van der Waals surface area contributed by atoms with Gasteiger partial charge in [0.05, 0.1) is 0 Å². The second-order valence-electron chi connectivity index (χ2n) is 6.41. The van der Waals surface area contributed by atoms with Crippen molar-refractivity contribution in [2.24, 2.45) is 5.73 Å². The summed E-state index contributed by atoms with van der Waals surface area (Å²) in [5.41, 5.74) is 8.91. The lowest BCUT2D eigenvalue weighted by atomic mass is 10.0. The van der Waals surface area contributed by atoms with Crippen molar-refractivity contribution in [2.75, 3.05) is 25.0 Å². The van der Waals surface area contributed by atoms with Crippen LogP contribution in [0.4, 0.5) is 5.69 Å². The van der Waals surface area contributed by atoms with Crippen molar-refractivity contribution in [3.8, 4) is 0 Å². The Bertz CT molecular complexity index is 465. The third-order valence-electron chi connectivity index (χ3n) is 4.75. The Morgan fingerprint density at radius 2 is 1.90 bits per heavy atom. The minimum Gasteiger partial charge on any atom is -0.368 e. The predicted molar refractivity (Wildman–Crippen MR) is 95.0 cm³/mol. The summed E-state index contributed by atoms with van der Waals surface area (Å²) < 4.78 is 1.14. The van der Waals surface area contributed by atoms with Crippen LogP contribution in [-0.2, 0) is 6.42 Å². The Balaban J connectivity index is 2.26. The van der Waals surface area contributed by atoms with Gasteiger partial charge in [0, 0.05) is 41.4 Å². The fourth-order valence-electron chi connectivity index (χ4n) is 3.05. The molecule has 1 aromatic carbocycles. The highest BCUT2D eigenvalue weighted by molar-refractivity contribution is 9.10. The molecule has 21 heavy (non-hydrogen) atoms. The number of nitrogens with two attached hydrogens (primary N) is 1. The molecule has 2 N–H and O–H groups in total. The molecule has 3 nitrogen and oxygen atoms in total. The van der Waals surface area contributed by atoms with Crippen molar-refractivity contribution < 1.29 is 0 Å². The molecule has 1 heterocycles. The first kappa shape index (κ1) is 16.8. The third-order valence-corrected chi connectivity index (χ3v) is 5.24. The number of benzene rings is 1. The number of hydrogen-bond acceptors (Lipinski definition) is 3. The van der Waals surface area contributed by atoms with Gasteiger partial charge in [0.1, 0.15) is 0 Å². The summed E-state index contributed by atoms with van der Waals surface area (Å²) in [5.74, 6) is 0. The van der Waals surface area contributed by atoms with E-state index in [1.165, 1.54) is 11.3 Å². The molecule has 3 unspecified atom stereocenters. The second-order valence-corrected chi connectivity index (χ2v) is 7.33. The van der Waals surface area contributed by atoms with Gasteiger partial charge in [-0.1, -0.05) is 22.9 Å². The molecule has 1 aromatic rings. The molecule has 4 heteroatoms. The smallest absolute Gasteiger partial charge is 0.0401 e. The van der Waals surface area contributed by atoms with Gasteiger partial charge in [-0.3, -0.25) is 4.90 Å². The molecule has 0 aromatic heterocycles. The van der Waals surface area contributed by atoms with E-state index >= 15 is 0 Å². The van der Waals surface area contributed by atoms with Gasteiger partial charge in [-0.2, -0.15) is 0 Å². The molecular weight excluding hydrogens is 326 g/mol. The number of piperazine rings is 1. The van der Waals surface area contributed by atoms with Gasteiger partial charge in [-0.15, -0.1) is 0 Å². The van der Waals surface area contributed by atoms with Crippen LogP contribution in [0.2, 0.25) is 0 Å². The molecule has 1 aliphatic heterocycles. The van der Waals surface area contributed by atoms with E-state index in [9.17, 15) is 0 Å². The minimum atomic E-state index is 0.236. The van der Waals surface area contributed by atoms with Crippen molar-refractivity contribution in [1.82, 2.24) is 4.90 Å². The molecule has 0 aliphatic carbocycles. The summed E-state index contributed by atoms with van der Waals surface area (Å²) in [4.78, 5) is 4.99. The van der Waals surface area contributed by atoms with Gasteiger partial charge < -0.3 is 10.6 Å². The van der Waals surface area contributed by atoms with Gasteiger partial charge in [-0.25, -0.2) is 0 Å². The van der Waals surface area contributed by atoms with E-state index in [4.69, 9.17) is 5.73 Å². The highest BCUT2D eigenvalue weighted by Gasteiger charge is 2.27. The zero-order valence-electron chi connectivity index (χ0n) is 13.6. The maximum Gasteiger partial charge on any atom is 0.0401 e. The Morgan fingerprint density at radius 1 is 1.29 bits per heavy atom. The highest BCUT2D eigenvalue weighted by Crippen LogP contribution is 2.29. The average molecular weight is 354 g/mol. The standard InChI is InChI=1S/C17H28BrN3/c1-5-16(19)9-14-8-15(18)6-7-17(14)21-10-12(2)20(4)13(3)11-21/h6-8,12-13,16H,5,9-11,19H2,1-4H3. The number of halogens is 1. The monoisotopic (exact) mass is 353 g/mol. The quantitative estimate of drug-likeness (QED) is 0.901. The molecule has 0 amide bonds. The maximum atomic E-state index is 6.19. The van der Waals surface area contributed by atoms with E-state index < -0.39 is 0 Å². The second kappa shape index (κ2) is 7.12. The van der Waals surface area contributed by atoms with Crippen LogP contribution < -0.4 is 10.6 Å².